The molecule has 1 aromatic carbocycles. The summed E-state index contributed by atoms with van der Waals surface area (Å²) < 4.78 is 5.18. The molecule has 96 valence electrons. The Bertz CT molecular complexity index is 489. The van der Waals surface area contributed by atoms with Gasteiger partial charge < -0.3 is 4.74 Å². The van der Waals surface area contributed by atoms with Crippen molar-refractivity contribution >= 4 is 22.9 Å². The second kappa shape index (κ2) is 6.26. The second-order valence-corrected chi connectivity index (χ2v) is 5.62. The van der Waals surface area contributed by atoms with Crippen LogP contribution >= 0.6 is 22.9 Å². The Hall–Kier alpha value is -0.990. The summed E-state index contributed by atoms with van der Waals surface area (Å²) in [4.78, 5) is 1.12. The van der Waals surface area contributed by atoms with Crippen LogP contribution in [0.2, 0.25) is 0 Å². The third kappa shape index (κ3) is 3.06. The number of halogens is 1. The number of rotatable bonds is 5. The van der Waals surface area contributed by atoms with Gasteiger partial charge >= 0.3 is 0 Å². The van der Waals surface area contributed by atoms with Crippen LogP contribution in [0.1, 0.15) is 34.7 Å². The van der Waals surface area contributed by atoms with E-state index in [2.05, 4.69) is 31.2 Å². The van der Waals surface area contributed by atoms with E-state index in [-0.39, 0.29) is 5.38 Å². The van der Waals surface area contributed by atoms with Gasteiger partial charge in [-0.15, -0.1) is 22.9 Å². The van der Waals surface area contributed by atoms with Gasteiger partial charge in [0.05, 0.1) is 12.5 Å². The lowest BCUT2D eigenvalue weighted by atomic mass is 10.1. The summed E-state index contributed by atoms with van der Waals surface area (Å²) in [6.07, 6.45) is 2.30. The Balaban J connectivity index is 2.14. The minimum absolute atomic E-state index is 0.0884. The summed E-state index contributed by atoms with van der Waals surface area (Å²) in [6.45, 7) is 2.19. The summed E-state index contributed by atoms with van der Waals surface area (Å²) in [5, 5.41) is 1.89. The minimum atomic E-state index is -0.0884. The van der Waals surface area contributed by atoms with Crippen molar-refractivity contribution in [2.45, 2.75) is 25.1 Å². The van der Waals surface area contributed by atoms with Crippen LogP contribution < -0.4 is 4.74 Å². The molecule has 0 bridgehead atoms. The molecule has 18 heavy (non-hydrogen) atoms. The van der Waals surface area contributed by atoms with Crippen molar-refractivity contribution in [3.63, 3.8) is 0 Å². The maximum absolute atomic E-state index is 6.49. The van der Waals surface area contributed by atoms with Crippen LogP contribution in [0.15, 0.2) is 35.7 Å². The summed E-state index contributed by atoms with van der Waals surface area (Å²) in [6, 6.07) is 10.6. The van der Waals surface area contributed by atoms with Crippen LogP contribution in [0.3, 0.4) is 0 Å². The van der Waals surface area contributed by atoms with Crippen LogP contribution in [-0.2, 0) is 6.42 Å². The number of hydrogen-bond acceptors (Lipinski definition) is 2. The monoisotopic (exact) mass is 280 g/mol. The number of benzene rings is 1. The molecular formula is C15H17ClOS. The molecule has 2 rings (SSSR count). The van der Waals surface area contributed by atoms with Gasteiger partial charge in [-0.1, -0.05) is 37.6 Å². The van der Waals surface area contributed by atoms with E-state index in [1.54, 1.807) is 18.4 Å². The Morgan fingerprint density at radius 3 is 2.56 bits per heavy atom. The standard InChI is InChI=1S/C15H17ClOS/c1-3-4-11-5-7-12(8-6-11)15(16)14-9-13(17-2)10-18-14/h5-10,15H,3-4H2,1-2H3. The molecule has 0 saturated carbocycles. The Kier molecular flexibility index (Phi) is 4.67. The van der Waals surface area contributed by atoms with Crippen LogP contribution in [0.4, 0.5) is 0 Å². The molecule has 2 aromatic rings. The predicted molar refractivity (Wildman–Crippen MR) is 79.0 cm³/mol. The highest BCUT2D eigenvalue weighted by Gasteiger charge is 2.13. The first-order valence-electron chi connectivity index (χ1n) is 6.10. The number of alkyl halides is 1. The van der Waals surface area contributed by atoms with E-state index < -0.39 is 0 Å². The quantitative estimate of drug-likeness (QED) is 0.698. The van der Waals surface area contributed by atoms with E-state index >= 15 is 0 Å². The molecule has 1 aromatic heterocycles. The average molecular weight is 281 g/mol. The maximum atomic E-state index is 6.49. The van der Waals surface area contributed by atoms with Gasteiger partial charge in [0.25, 0.3) is 0 Å². The lowest BCUT2D eigenvalue weighted by Crippen LogP contribution is -1.91. The molecule has 1 nitrogen and oxygen atoms in total. The van der Waals surface area contributed by atoms with Crippen molar-refractivity contribution in [3.05, 3.63) is 51.7 Å². The van der Waals surface area contributed by atoms with Crippen LogP contribution in [0, 0.1) is 0 Å². The number of aryl methyl sites for hydroxylation is 1. The Morgan fingerprint density at radius 2 is 2.00 bits per heavy atom. The molecule has 0 spiro atoms. The van der Waals surface area contributed by atoms with E-state index in [1.807, 2.05) is 11.4 Å². The predicted octanol–water partition coefficient (Wildman–Crippen LogP) is 5.04. The first-order valence-corrected chi connectivity index (χ1v) is 7.41. The van der Waals surface area contributed by atoms with Crippen molar-refractivity contribution in [1.29, 1.82) is 0 Å². The lowest BCUT2D eigenvalue weighted by molar-refractivity contribution is 0.416. The van der Waals surface area contributed by atoms with Gasteiger partial charge in [0.1, 0.15) is 5.75 Å². The van der Waals surface area contributed by atoms with Crippen molar-refractivity contribution in [3.8, 4) is 5.75 Å². The Morgan fingerprint density at radius 1 is 1.28 bits per heavy atom. The van der Waals surface area contributed by atoms with Gasteiger partial charge in [0.2, 0.25) is 0 Å². The molecule has 1 atom stereocenters. The van der Waals surface area contributed by atoms with Gasteiger partial charge in [0, 0.05) is 10.3 Å². The number of hydrogen-bond donors (Lipinski definition) is 0. The fraction of sp³-hybridized carbons (Fsp3) is 0.333. The topological polar surface area (TPSA) is 9.23 Å². The molecule has 0 N–H and O–H groups in total. The van der Waals surface area contributed by atoms with E-state index in [4.69, 9.17) is 16.3 Å². The van der Waals surface area contributed by atoms with Gasteiger partial charge in [0.15, 0.2) is 0 Å². The third-order valence-electron chi connectivity index (χ3n) is 2.89. The molecule has 0 fully saturated rings. The smallest absolute Gasteiger partial charge is 0.129 e. The van der Waals surface area contributed by atoms with Crippen LogP contribution in [0.5, 0.6) is 5.75 Å². The van der Waals surface area contributed by atoms with E-state index in [0.717, 1.165) is 22.6 Å². The highest BCUT2D eigenvalue weighted by Crippen LogP contribution is 2.35. The molecule has 0 amide bonds. The SMILES string of the molecule is CCCc1ccc(C(Cl)c2cc(OC)cs2)cc1. The van der Waals surface area contributed by atoms with Gasteiger partial charge in [-0.05, 0) is 23.6 Å². The number of ether oxygens (including phenoxy) is 1. The summed E-state index contributed by atoms with van der Waals surface area (Å²) in [7, 11) is 1.68. The second-order valence-electron chi connectivity index (χ2n) is 4.24. The van der Waals surface area contributed by atoms with Crippen molar-refractivity contribution in [1.82, 2.24) is 0 Å². The minimum Gasteiger partial charge on any atom is -0.496 e. The summed E-state index contributed by atoms with van der Waals surface area (Å²) >= 11 is 8.12. The third-order valence-corrected chi connectivity index (χ3v) is 4.48. The van der Waals surface area contributed by atoms with E-state index in [1.165, 1.54) is 12.0 Å². The zero-order valence-corrected chi connectivity index (χ0v) is 12.2. The average Bonchev–Trinajstić information content (AvgIpc) is 2.88. The largest absolute Gasteiger partial charge is 0.496 e. The zero-order valence-electron chi connectivity index (χ0n) is 10.7. The first-order chi connectivity index (χ1) is 8.74. The molecule has 1 unspecified atom stereocenters. The van der Waals surface area contributed by atoms with Gasteiger partial charge in [-0.2, -0.15) is 0 Å². The van der Waals surface area contributed by atoms with Crippen molar-refractivity contribution in [2.24, 2.45) is 0 Å². The van der Waals surface area contributed by atoms with Crippen molar-refractivity contribution < 1.29 is 4.74 Å². The maximum Gasteiger partial charge on any atom is 0.129 e. The highest BCUT2D eigenvalue weighted by molar-refractivity contribution is 7.10. The van der Waals surface area contributed by atoms with Crippen LogP contribution in [0.25, 0.3) is 0 Å². The molecule has 0 aliphatic carbocycles. The fourth-order valence-corrected chi connectivity index (χ4v) is 3.10. The molecule has 0 saturated heterocycles. The summed E-state index contributed by atoms with van der Waals surface area (Å²) in [5.74, 6) is 0.878. The Labute approximate surface area is 117 Å². The number of thiophene rings is 1. The molecular weight excluding hydrogens is 264 g/mol. The molecule has 1 heterocycles. The van der Waals surface area contributed by atoms with Gasteiger partial charge in [-0.3, -0.25) is 0 Å². The van der Waals surface area contributed by atoms with Crippen LogP contribution in [-0.4, -0.2) is 7.11 Å². The van der Waals surface area contributed by atoms with Crippen molar-refractivity contribution in [2.75, 3.05) is 7.11 Å². The van der Waals surface area contributed by atoms with Gasteiger partial charge in [-0.25, -0.2) is 0 Å². The molecule has 3 heteroatoms. The van der Waals surface area contributed by atoms with E-state index in [0.29, 0.717) is 0 Å². The molecule has 0 aliphatic rings. The molecule has 0 aliphatic heterocycles. The highest BCUT2D eigenvalue weighted by atomic mass is 35.5. The zero-order chi connectivity index (χ0) is 13.0. The first kappa shape index (κ1) is 13.4. The van der Waals surface area contributed by atoms with E-state index in [9.17, 15) is 0 Å². The number of methoxy groups -OCH3 is 1. The summed E-state index contributed by atoms with van der Waals surface area (Å²) in [5.41, 5.74) is 2.51. The lowest BCUT2D eigenvalue weighted by Gasteiger charge is -2.08. The fourth-order valence-electron chi connectivity index (χ4n) is 1.88. The molecule has 0 radical (unpaired) electrons. The normalized spacial score (nSPS) is 12.4.